The molecular formula is C13H18N4O. The standard InChI is InChI=1S/C13H18N4O/c1-10-4-5-12-15-13(16-17(12)9-10)14-7-6-11-3-2-8-18-11/h4-5,9,11H,2-3,6-8H2,1H3,(H,14,16). The summed E-state index contributed by atoms with van der Waals surface area (Å²) >= 11 is 0. The van der Waals surface area contributed by atoms with Gasteiger partial charge < -0.3 is 10.1 Å². The first-order valence-corrected chi connectivity index (χ1v) is 6.50. The normalized spacial score (nSPS) is 19.5. The fourth-order valence-electron chi connectivity index (χ4n) is 2.28. The number of anilines is 1. The first-order chi connectivity index (χ1) is 8.81. The van der Waals surface area contributed by atoms with E-state index >= 15 is 0 Å². The van der Waals surface area contributed by atoms with Gasteiger partial charge in [0.1, 0.15) is 0 Å². The van der Waals surface area contributed by atoms with Gasteiger partial charge in [-0.3, -0.25) is 0 Å². The fourth-order valence-corrected chi connectivity index (χ4v) is 2.28. The highest BCUT2D eigenvalue weighted by atomic mass is 16.5. The van der Waals surface area contributed by atoms with E-state index in [1.807, 2.05) is 29.8 Å². The molecule has 1 atom stereocenters. The topological polar surface area (TPSA) is 51.5 Å². The molecule has 3 heterocycles. The summed E-state index contributed by atoms with van der Waals surface area (Å²) in [6.07, 6.45) is 5.79. The second-order valence-electron chi connectivity index (χ2n) is 4.80. The van der Waals surface area contributed by atoms with Crippen molar-refractivity contribution in [2.24, 2.45) is 0 Å². The van der Waals surface area contributed by atoms with Crippen molar-refractivity contribution < 1.29 is 4.74 Å². The summed E-state index contributed by atoms with van der Waals surface area (Å²) in [4.78, 5) is 4.42. The summed E-state index contributed by atoms with van der Waals surface area (Å²) in [7, 11) is 0. The van der Waals surface area contributed by atoms with Gasteiger partial charge >= 0.3 is 0 Å². The van der Waals surface area contributed by atoms with Gasteiger partial charge in [0.15, 0.2) is 5.65 Å². The molecule has 1 saturated heterocycles. The van der Waals surface area contributed by atoms with Crippen molar-refractivity contribution in [3.63, 3.8) is 0 Å². The Morgan fingerprint density at radius 3 is 3.28 bits per heavy atom. The maximum Gasteiger partial charge on any atom is 0.243 e. The Bertz CT molecular complexity index is 531. The van der Waals surface area contributed by atoms with Gasteiger partial charge in [0.05, 0.1) is 6.10 Å². The third kappa shape index (κ3) is 2.46. The molecule has 1 aliphatic rings. The first-order valence-electron chi connectivity index (χ1n) is 6.50. The molecule has 5 nitrogen and oxygen atoms in total. The molecule has 0 spiro atoms. The van der Waals surface area contributed by atoms with E-state index in [0.717, 1.165) is 25.2 Å². The van der Waals surface area contributed by atoms with E-state index in [-0.39, 0.29) is 0 Å². The number of hydrogen-bond acceptors (Lipinski definition) is 4. The number of aromatic nitrogens is 3. The molecule has 0 radical (unpaired) electrons. The van der Waals surface area contributed by atoms with Gasteiger partial charge in [0, 0.05) is 19.3 Å². The number of pyridine rings is 1. The van der Waals surface area contributed by atoms with Gasteiger partial charge in [-0.25, -0.2) is 4.52 Å². The van der Waals surface area contributed by atoms with Crippen molar-refractivity contribution in [2.45, 2.75) is 32.3 Å². The van der Waals surface area contributed by atoms with Crippen molar-refractivity contribution in [3.8, 4) is 0 Å². The highest BCUT2D eigenvalue weighted by molar-refractivity contribution is 5.43. The maximum atomic E-state index is 5.58. The smallest absolute Gasteiger partial charge is 0.243 e. The van der Waals surface area contributed by atoms with Crippen molar-refractivity contribution in [1.29, 1.82) is 0 Å². The molecule has 2 aromatic rings. The lowest BCUT2D eigenvalue weighted by Crippen LogP contribution is -2.13. The van der Waals surface area contributed by atoms with Gasteiger partial charge in [-0.2, -0.15) is 4.98 Å². The summed E-state index contributed by atoms with van der Waals surface area (Å²) in [6.45, 7) is 3.82. The third-order valence-electron chi connectivity index (χ3n) is 3.25. The van der Waals surface area contributed by atoms with Crippen LogP contribution >= 0.6 is 0 Å². The first kappa shape index (κ1) is 11.5. The molecule has 0 amide bonds. The zero-order valence-electron chi connectivity index (χ0n) is 10.6. The number of ether oxygens (including phenoxy) is 1. The third-order valence-corrected chi connectivity index (χ3v) is 3.25. The summed E-state index contributed by atoms with van der Waals surface area (Å²) in [5.41, 5.74) is 2.05. The second-order valence-corrected chi connectivity index (χ2v) is 4.80. The lowest BCUT2D eigenvalue weighted by molar-refractivity contribution is 0.107. The quantitative estimate of drug-likeness (QED) is 0.896. The van der Waals surface area contributed by atoms with Crippen molar-refractivity contribution in [2.75, 3.05) is 18.5 Å². The van der Waals surface area contributed by atoms with Crippen molar-refractivity contribution in [3.05, 3.63) is 23.9 Å². The van der Waals surface area contributed by atoms with E-state index in [9.17, 15) is 0 Å². The Morgan fingerprint density at radius 1 is 1.50 bits per heavy atom. The number of fused-ring (bicyclic) bond motifs is 1. The van der Waals surface area contributed by atoms with Crippen LogP contribution in [-0.2, 0) is 4.74 Å². The van der Waals surface area contributed by atoms with Crippen LogP contribution < -0.4 is 5.32 Å². The Labute approximate surface area is 106 Å². The van der Waals surface area contributed by atoms with Crippen LogP contribution in [0.5, 0.6) is 0 Å². The predicted molar refractivity (Wildman–Crippen MR) is 69.8 cm³/mol. The monoisotopic (exact) mass is 246 g/mol. The maximum absolute atomic E-state index is 5.58. The van der Waals surface area contributed by atoms with Crippen LogP contribution in [0, 0.1) is 6.92 Å². The van der Waals surface area contributed by atoms with Gasteiger partial charge in [-0.15, -0.1) is 5.10 Å². The molecule has 1 aliphatic heterocycles. The number of rotatable bonds is 4. The van der Waals surface area contributed by atoms with E-state index in [0.29, 0.717) is 12.1 Å². The van der Waals surface area contributed by atoms with Crippen LogP contribution in [0.4, 0.5) is 5.95 Å². The van der Waals surface area contributed by atoms with Crippen LogP contribution in [0.2, 0.25) is 0 Å². The van der Waals surface area contributed by atoms with E-state index in [4.69, 9.17) is 4.74 Å². The average molecular weight is 246 g/mol. The lowest BCUT2D eigenvalue weighted by Gasteiger charge is -2.08. The Hall–Kier alpha value is -1.62. The highest BCUT2D eigenvalue weighted by Crippen LogP contribution is 2.15. The molecule has 1 unspecified atom stereocenters. The van der Waals surface area contributed by atoms with Gasteiger partial charge in [-0.05, 0) is 37.8 Å². The van der Waals surface area contributed by atoms with Crippen LogP contribution in [0.25, 0.3) is 5.65 Å². The van der Waals surface area contributed by atoms with Crippen LogP contribution in [-0.4, -0.2) is 33.9 Å². The molecular weight excluding hydrogens is 228 g/mol. The number of nitrogens with zero attached hydrogens (tertiary/aromatic N) is 3. The molecule has 0 saturated carbocycles. The molecule has 1 fully saturated rings. The van der Waals surface area contributed by atoms with Crippen LogP contribution in [0.3, 0.4) is 0 Å². The second kappa shape index (κ2) is 4.94. The summed E-state index contributed by atoms with van der Waals surface area (Å²) in [5, 5.41) is 7.65. The highest BCUT2D eigenvalue weighted by Gasteiger charge is 2.14. The largest absolute Gasteiger partial charge is 0.378 e. The molecule has 0 aliphatic carbocycles. The number of nitrogens with one attached hydrogen (secondary N) is 1. The molecule has 96 valence electrons. The number of aryl methyl sites for hydroxylation is 1. The fraction of sp³-hybridized carbons (Fsp3) is 0.538. The Kier molecular flexibility index (Phi) is 3.15. The molecule has 3 rings (SSSR count). The zero-order valence-corrected chi connectivity index (χ0v) is 10.6. The minimum Gasteiger partial charge on any atom is -0.378 e. The Morgan fingerprint density at radius 2 is 2.44 bits per heavy atom. The summed E-state index contributed by atoms with van der Waals surface area (Å²) in [5.74, 6) is 0.693. The lowest BCUT2D eigenvalue weighted by atomic mass is 10.2. The van der Waals surface area contributed by atoms with Gasteiger partial charge in [0.2, 0.25) is 5.95 Å². The molecule has 0 aromatic carbocycles. The van der Waals surface area contributed by atoms with Crippen LogP contribution in [0.15, 0.2) is 18.3 Å². The van der Waals surface area contributed by atoms with Gasteiger partial charge in [-0.1, -0.05) is 6.07 Å². The van der Waals surface area contributed by atoms with Gasteiger partial charge in [0.25, 0.3) is 0 Å². The SMILES string of the molecule is Cc1ccc2nc(NCCC3CCCO3)nn2c1. The minimum atomic E-state index is 0.414. The Balaban J connectivity index is 1.60. The molecule has 0 bridgehead atoms. The van der Waals surface area contributed by atoms with E-state index in [1.165, 1.54) is 18.4 Å². The van der Waals surface area contributed by atoms with Crippen LogP contribution in [0.1, 0.15) is 24.8 Å². The number of hydrogen-bond donors (Lipinski definition) is 1. The molecule has 2 aromatic heterocycles. The van der Waals surface area contributed by atoms with E-state index < -0.39 is 0 Å². The summed E-state index contributed by atoms with van der Waals surface area (Å²) < 4.78 is 7.39. The van der Waals surface area contributed by atoms with Crippen molar-refractivity contribution in [1.82, 2.24) is 14.6 Å². The molecule has 5 heteroatoms. The molecule has 1 N–H and O–H groups in total. The van der Waals surface area contributed by atoms with E-state index in [2.05, 4.69) is 15.4 Å². The minimum absolute atomic E-state index is 0.414. The van der Waals surface area contributed by atoms with E-state index in [1.54, 1.807) is 0 Å². The zero-order chi connectivity index (χ0) is 12.4. The summed E-state index contributed by atoms with van der Waals surface area (Å²) in [6, 6.07) is 4.02. The average Bonchev–Trinajstić information content (AvgIpc) is 2.97. The molecule has 18 heavy (non-hydrogen) atoms. The predicted octanol–water partition coefficient (Wildman–Crippen LogP) is 2.02. The van der Waals surface area contributed by atoms with Crippen molar-refractivity contribution >= 4 is 11.6 Å².